The van der Waals surface area contributed by atoms with Gasteiger partial charge in [0.25, 0.3) is 5.91 Å². The van der Waals surface area contributed by atoms with Crippen LogP contribution >= 0.6 is 0 Å². The summed E-state index contributed by atoms with van der Waals surface area (Å²) in [4.78, 5) is 30.9. The number of benzene rings is 1. The molecule has 1 aliphatic rings. The minimum Gasteiger partial charge on any atom is -0.452 e. The van der Waals surface area contributed by atoms with Crippen molar-refractivity contribution in [1.29, 1.82) is 0 Å². The van der Waals surface area contributed by atoms with Crippen molar-refractivity contribution in [2.24, 2.45) is 0 Å². The molecule has 1 aliphatic carbocycles. The van der Waals surface area contributed by atoms with Gasteiger partial charge in [0.1, 0.15) is 11.3 Å². The maximum atomic E-state index is 12.5. The van der Waals surface area contributed by atoms with E-state index in [2.05, 4.69) is 11.1 Å². The molecule has 0 saturated heterocycles. The van der Waals surface area contributed by atoms with Gasteiger partial charge in [-0.1, -0.05) is 24.3 Å². The van der Waals surface area contributed by atoms with E-state index in [0.29, 0.717) is 12.3 Å². The Bertz CT molecular complexity index is 849. The lowest BCUT2D eigenvalue weighted by molar-refractivity contribution is -0.132. The summed E-state index contributed by atoms with van der Waals surface area (Å²) < 4.78 is 10.9. The normalized spacial score (nSPS) is 13.4. The number of ether oxygens (including phenoxy) is 2. The van der Waals surface area contributed by atoms with Gasteiger partial charge < -0.3 is 14.4 Å². The number of hydrogen-bond donors (Lipinski definition) is 0. The summed E-state index contributed by atoms with van der Waals surface area (Å²) in [6.07, 6.45) is 7.72. The fraction of sp³-hybridized carbons (Fsp3) is 0.318. The molecule has 3 rings (SSSR count). The molecule has 6 nitrogen and oxygen atoms in total. The van der Waals surface area contributed by atoms with Crippen LogP contribution in [-0.4, -0.2) is 34.9 Å². The number of aromatic nitrogens is 1. The Balaban J connectivity index is 1.65. The SMILES string of the molecule is CCN(C(=O)COC(=O)c1cccnc1Oc1ccccc1)C1=CCCCC1. The van der Waals surface area contributed by atoms with E-state index in [4.69, 9.17) is 9.47 Å². The first-order valence-corrected chi connectivity index (χ1v) is 9.53. The summed E-state index contributed by atoms with van der Waals surface area (Å²) in [7, 11) is 0. The second kappa shape index (κ2) is 9.69. The molecule has 1 amide bonds. The van der Waals surface area contributed by atoms with Gasteiger partial charge in [-0.2, -0.15) is 0 Å². The lowest BCUT2D eigenvalue weighted by Crippen LogP contribution is -2.34. The maximum Gasteiger partial charge on any atom is 0.344 e. The van der Waals surface area contributed by atoms with Gasteiger partial charge >= 0.3 is 5.97 Å². The molecule has 0 unspecified atom stereocenters. The van der Waals surface area contributed by atoms with Gasteiger partial charge in [-0.15, -0.1) is 0 Å². The second-order valence-electron chi connectivity index (χ2n) is 6.43. The number of nitrogens with zero attached hydrogens (tertiary/aromatic N) is 2. The number of likely N-dealkylation sites (N-methyl/N-ethyl adjacent to an activating group) is 1. The molecule has 0 aliphatic heterocycles. The average molecular weight is 380 g/mol. The van der Waals surface area contributed by atoms with Crippen molar-refractivity contribution in [3.63, 3.8) is 0 Å². The molecule has 0 spiro atoms. The Morgan fingerprint density at radius 3 is 2.64 bits per heavy atom. The Kier molecular flexibility index (Phi) is 6.78. The number of para-hydroxylation sites is 1. The van der Waals surface area contributed by atoms with Gasteiger partial charge in [-0.3, -0.25) is 4.79 Å². The quantitative estimate of drug-likeness (QED) is 0.669. The fourth-order valence-corrected chi connectivity index (χ4v) is 3.12. The summed E-state index contributed by atoms with van der Waals surface area (Å²) in [5.41, 5.74) is 1.20. The van der Waals surface area contributed by atoms with Crippen molar-refractivity contribution < 1.29 is 19.1 Å². The Labute approximate surface area is 164 Å². The first-order chi connectivity index (χ1) is 13.7. The third-order valence-electron chi connectivity index (χ3n) is 4.51. The molecule has 0 N–H and O–H groups in total. The molecule has 0 fully saturated rings. The molecule has 0 saturated carbocycles. The third kappa shape index (κ3) is 4.97. The van der Waals surface area contributed by atoms with Crippen LogP contribution in [0.4, 0.5) is 0 Å². The van der Waals surface area contributed by atoms with Crippen LogP contribution in [0.2, 0.25) is 0 Å². The van der Waals surface area contributed by atoms with Gasteiger partial charge in [0.05, 0.1) is 0 Å². The lowest BCUT2D eigenvalue weighted by atomic mass is 10.0. The molecule has 6 heteroatoms. The zero-order valence-electron chi connectivity index (χ0n) is 16.0. The highest BCUT2D eigenvalue weighted by molar-refractivity contribution is 5.93. The van der Waals surface area contributed by atoms with E-state index in [9.17, 15) is 9.59 Å². The maximum absolute atomic E-state index is 12.5. The number of carbonyl (C=O) groups is 2. The number of rotatable bonds is 7. The van der Waals surface area contributed by atoms with Crippen LogP contribution in [0.15, 0.2) is 60.4 Å². The second-order valence-corrected chi connectivity index (χ2v) is 6.43. The van der Waals surface area contributed by atoms with Gasteiger partial charge in [0.15, 0.2) is 6.61 Å². The zero-order valence-corrected chi connectivity index (χ0v) is 16.0. The highest BCUT2D eigenvalue weighted by Gasteiger charge is 2.21. The smallest absolute Gasteiger partial charge is 0.344 e. The van der Waals surface area contributed by atoms with Crippen molar-refractivity contribution in [2.75, 3.05) is 13.2 Å². The predicted molar refractivity (Wildman–Crippen MR) is 105 cm³/mol. The van der Waals surface area contributed by atoms with Crippen LogP contribution in [-0.2, 0) is 9.53 Å². The molecule has 1 aromatic carbocycles. The Morgan fingerprint density at radius 1 is 1.11 bits per heavy atom. The molecule has 0 radical (unpaired) electrons. The van der Waals surface area contributed by atoms with Crippen molar-refractivity contribution in [3.8, 4) is 11.6 Å². The van der Waals surface area contributed by atoms with Crippen molar-refractivity contribution in [2.45, 2.75) is 32.6 Å². The highest BCUT2D eigenvalue weighted by Crippen LogP contribution is 2.24. The summed E-state index contributed by atoms with van der Waals surface area (Å²) in [5, 5.41) is 0. The number of amides is 1. The summed E-state index contributed by atoms with van der Waals surface area (Å²) in [5.74, 6) is -0.152. The lowest BCUT2D eigenvalue weighted by Gasteiger charge is -2.26. The molecule has 1 aromatic heterocycles. The summed E-state index contributed by atoms with van der Waals surface area (Å²) in [6.45, 7) is 2.16. The number of esters is 1. The molecule has 2 aromatic rings. The Hall–Kier alpha value is -3.15. The predicted octanol–water partition coefficient (Wildman–Crippen LogP) is 4.34. The number of carbonyl (C=O) groups excluding carboxylic acids is 2. The van der Waals surface area contributed by atoms with Crippen LogP contribution in [0.3, 0.4) is 0 Å². The first-order valence-electron chi connectivity index (χ1n) is 9.53. The van der Waals surface area contributed by atoms with E-state index in [1.54, 1.807) is 29.2 Å². The molecule has 1 heterocycles. The minimum atomic E-state index is -0.638. The van der Waals surface area contributed by atoms with E-state index in [-0.39, 0.29) is 24.0 Å². The van der Waals surface area contributed by atoms with Gasteiger partial charge in [0, 0.05) is 18.4 Å². The van der Waals surface area contributed by atoms with E-state index >= 15 is 0 Å². The van der Waals surface area contributed by atoms with E-state index in [0.717, 1.165) is 31.4 Å². The molecular weight excluding hydrogens is 356 g/mol. The molecule has 28 heavy (non-hydrogen) atoms. The van der Waals surface area contributed by atoms with Crippen LogP contribution in [0.25, 0.3) is 0 Å². The van der Waals surface area contributed by atoms with Crippen molar-refractivity contribution in [3.05, 3.63) is 66.0 Å². The van der Waals surface area contributed by atoms with Crippen LogP contribution < -0.4 is 4.74 Å². The van der Waals surface area contributed by atoms with Gasteiger partial charge in [0.2, 0.25) is 5.88 Å². The number of hydrogen-bond acceptors (Lipinski definition) is 5. The molecule has 146 valence electrons. The van der Waals surface area contributed by atoms with Crippen molar-refractivity contribution in [1.82, 2.24) is 9.88 Å². The van der Waals surface area contributed by atoms with E-state index < -0.39 is 5.97 Å². The van der Waals surface area contributed by atoms with E-state index in [1.165, 1.54) is 6.20 Å². The average Bonchev–Trinajstić information content (AvgIpc) is 2.74. The zero-order chi connectivity index (χ0) is 19.8. The number of pyridine rings is 1. The van der Waals surface area contributed by atoms with Crippen LogP contribution in [0.5, 0.6) is 11.6 Å². The van der Waals surface area contributed by atoms with Crippen LogP contribution in [0, 0.1) is 0 Å². The standard InChI is InChI=1S/C22H24N2O4/c1-2-24(17-10-5-3-6-11-17)20(25)16-27-22(26)19-14-9-15-23-21(19)28-18-12-7-4-8-13-18/h4,7-10,12-15H,2-3,5-6,11,16H2,1H3. The van der Waals surface area contributed by atoms with Gasteiger partial charge in [-0.25, -0.2) is 9.78 Å². The summed E-state index contributed by atoms with van der Waals surface area (Å²) >= 11 is 0. The van der Waals surface area contributed by atoms with Crippen molar-refractivity contribution >= 4 is 11.9 Å². The third-order valence-corrected chi connectivity index (χ3v) is 4.51. The molecular formula is C22H24N2O4. The molecule has 0 bridgehead atoms. The largest absolute Gasteiger partial charge is 0.452 e. The Morgan fingerprint density at radius 2 is 1.93 bits per heavy atom. The number of allylic oxidation sites excluding steroid dienone is 2. The van der Waals surface area contributed by atoms with Gasteiger partial charge in [-0.05, 0) is 56.9 Å². The highest BCUT2D eigenvalue weighted by atomic mass is 16.5. The topological polar surface area (TPSA) is 68.7 Å². The minimum absolute atomic E-state index is 0.147. The molecule has 0 atom stereocenters. The van der Waals surface area contributed by atoms with E-state index in [1.807, 2.05) is 25.1 Å². The van der Waals surface area contributed by atoms with Crippen LogP contribution in [0.1, 0.15) is 43.0 Å². The first kappa shape index (κ1) is 19.6. The summed E-state index contributed by atoms with van der Waals surface area (Å²) in [6, 6.07) is 12.3. The fourth-order valence-electron chi connectivity index (χ4n) is 3.12. The monoisotopic (exact) mass is 380 g/mol.